The minimum absolute atomic E-state index is 0.152. The minimum atomic E-state index is -1.14. The number of ether oxygens (including phenoxy) is 2. The number of hydrogen-bond donors (Lipinski definition) is 1. The number of aromatic carboxylic acids is 1. The monoisotopic (exact) mass is 327 g/mol. The van der Waals surface area contributed by atoms with Crippen LogP contribution in [-0.2, 0) is 0 Å². The lowest BCUT2D eigenvalue weighted by molar-refractivity contribution is 0.0686. The summed E-state index contributed by atoms with van der Waals surface area (Å²) < 4.78 is 16.0. The Morgan fingerprint density at radius 1 is 1.32 bits per heavy atom. The van der Waals surface area contributed by atoms with Crippen molar-refractivity contribution in [2.45, 2.75) is 0 Å². The lowest BCUT2D eigenvalue weighted by Gasteiger charge is -2.10. The van der Waals surface area contributed by atoms with E-state index in [-0.39, 0.29) is 5.69 Å². The van der Waals surface area contributed by atoms with Crippen molar-refractivity contribution in [2.75, 3.05) is 14.2 Å². The molecule has 0 saturated heterocycles. The molecule has 1 aromatic carbocycles. The zero-order valence-corrected chi connectivity index (χ0v) is 11.7. The molecule has 0 spiro atoms. The Balaban J connectivity index is 2.50. The van der Waals surface area contributed by atoms with Crippen LogP contribution < -0.4 is 9.47 Å². The molecule has 6 nitrogen and oxygen atoms in total. The summed E-state index contributed by atoms with van der Waals surface area (Å²) in [6.07, 6.45) is 0. The molecule has 0 aliphatic carbocycles. The van der Waals surface area contributed by atoms with Gasteiger partial charge in [0.1, 0.15) is 0 Å². The van der Waals surface area contributed by atoms with Gasteiger partial charge in [-0.15, -0.1) is 0 Å². The Hall–Kier alpha value is -2.02. The summed E-state index contributed by atoms with van der Waals surface area (Å²) in [6.45, 7) is 0. The summed E-state index contributed by atoms with van der Waals surface area (Å²) >= 11 is 3.35. The average Bonchev–Trinajstić information content (AvgIpc) is 2.87. The fraction of sp³-hybridized carbons (Fsp3) is 0.167. The molecule has 1 N–H and O–H groups in total. The number of hydrogen-bond acceptors (Lipinski definition) is 5. The second kappa shape index (κ2) is 5.31. The Bertz CT molecular complexity index is 623. The first-order valence-corrected chi connectivity index (χ1v) is 5.98. The van der Waals surface area contributed by atoms with Crippen LogP contribution in [0.3, 0.4) is 0 Å². The first-order valence-electron chi connectivity index (χ1n) is 5.18. The highest BCUT2D eigenvalue weighted by molar-refractivity contribution is 9.10. The normalized spacial score (nSPS) is 10.3. The molecule has 0 aliphatic rings. The molecule has 0 radical (unpaired) electrons. The van der Waals surface area contributed by atoms with Crippen molar-refractivity contribution in [3.05, 3.63) is 28.4 Å². The van der Waals surface area contributed by atoms with Gasteiger partial charge < -0.3 is 19.1 Å². The SMILES string of the molecule is COc1cc(-c2cc(C(=O)O)no2)cc(Br)c1OC. The molecule has 0 unspecified atom stereocenters. The zero-order chi connectivity index (χ0) is 14.0. The second-order valence-corrected chi connectivity index (χ2v) is 4.43. The molecule has 0 fully saturated rings. The maximum absolute atomic E-state index is 10.8. The van der Waals surface area contributed by atoms with Gasteiger partial charge in [-0.1, -0.05) is 5.16 Å². The van der Waals surface area contributed by atoms with Gasteiger partial charge in [0.25, 0.3) is 0 Å². The number of nitrogens with zero attached hydrogens (tertiary/aromatic N) is 1. The molecule has 100 valence electrons. The van der Waals surface area contributed by atoms with E-state index in [1.165, 1.54) is 20.3 Å². The molecule has 0 bridgehead atoms. The summed E-state index contributed by atoms with van der Waals surface area (Å²) in [5.41, 5.74) is 0.477. The second-order valence-electron chi connectivity index (χ2n) is 3.58. The lowest BCUT2D eigenvalue weighted by atomic mass is 10.1. The number of aromatic nitrogens is 1. The number of carboxylic acids is 1. The third-order valence-corrected chi connectivity index (χ3v) is 3.04. The predicted molar refractivity (Wildman–Crippen MR) is 69.7 cm³/mol. The minimum Gasteiger partial charge on any atom is -0.493 e. The van der Waals surface area contributed by atoms with Crippen LogP contribution in [0.25, 0.3) is 11.3 Å². The van der Waals surface area contributed by atoms with Crippen LogP contribution in [0.2, 0.25) is 0 Å². The van der Waals surface area contributed by atoms with Crippen molar-refractivity contribution >= 4 is 21.9 Å². The van der Waals surface area contributed by atoms with Gasteiger partial charge in [-0.05, 0) is 28.1 Å². The molecule has 2 aromatic rings. The highest BCUT2D eigenvalue weighted by atomic mass is 79.9. The van der Waals surface area contributed by atoms with Crippen LogP contribution in [0.1, 0.15) is 10.5 Å². The third kappa shape index (κ3) is 2.55. The summed E-state index contributed by atoms with van der Waals surface area (Å²) in [5, 5.41) is 12.3. The van der Waals surface area contributed by atoms with E-state index in [2.05, 4.69) is 21.1 Å². The molecule has 1 heterocycles. The van der Waals surface area contributed by atoms with Crippen molar-refractivity contribution in [1.29, 1.82) is 0 Å². The topological polar surface area (TPSA) is 81.8 Å². The molecule has 19 heavy (non-hydrogen) atoms. The highest BCUT2D eigenvalue weighted by Gasteiger charge is 2.16. The van der Waals surface area contributed by atoms with Crippen LogP contribution in [-0.4, -0.2) is 30.5 Å². The van der Waals surface area contributed by atoms with Gasteiger partial charge in [0.05, 0.1) is 18.7 Å². The molecular formula is C12H10BrNO5. The van der Waals surface area contributed by atoms with Crippen molar-refractivity contribution in [3.8, 4) is 22.8 Å². The molecule has 0 saturated carbocycles. The van der Waals surface area contributed by atoms with Crippen molar-refractivity contribution in [2.24, 2.45) is 0 Å². The number of rotatable bonds is 4. The zero-order valence-electron chi connectivity index (χ0n) is 10.1. The smallest absolute Gasteiger partial charge is 0.358 e. The fourth-order valence-corrected chi connectivity index (χ4v) is 2.18. The van der Waals surface area contributed by atoms with E-state index in [9.17, 15) is 4.79 Å². The van der Waals surface area contributed by atoms with Crippen molar-refractivity contribution in [3.63, 3.8) is 0 Å². The largest absolute Gasteiger partial charge is 0.493 e. The number of carboxylic acid groups (broad SMARTS) is 1. The summed E-state index contributed by atoms with van der Waals surface area (Å²) in [6, 6.07) is 4.75. The molecule has 0 amide bonds. The maximum atomic E-state index is 10.8. The Kier molecular flexibility index (Phi) is 3.75. The molecule has 7 heteroatoms. The molecule has 1 aromatic heterocycles. The summed E-state index contributed by atoms with van der Waals surface area (Å²) in [4.78, 5) is 10.8. The predicted octanol–water partition coefficient (Wildman–Crippen LogP) is 2.82. The Morgan fingerprint density at radius 3 is 2.58 bits per heavy atom. The van der Waals surface area contributed by atoms with E-state index in [0.717, 1.165) is 0 Å². The number of halogens is 1. The lowest BCUT2D eigenvalue weighted by Crippen LogP contribution is -1.94. The van der Waals surface area contributed by atoms with Crippen molar-refractivity contribution < 1.29 is 23.9 Å². The highest BCUT2D eigenvalue weighted by Crippen LogP contribution is 2.39. The standard InChI is InChI=1S/C12H10BrNO5/c1-17-10-4-6(3-7(13)11(10)18-2)9-5-8(12(15)16)14-19-9/h3-5H,1-2H3,(H,15,16). The van der Waals surface area contributed by atoms with Crippen LogP contribution in [0.4, 0.5) is 0 Å². The van der Waals surface area contributed by atoms with E-state index < -0.39 is 5.97 Å². The van der Waals surface area contributed by atoms with Gasteiger partial charge >= 0.3 is 5.97 Å². The van der Waals surface area contributed by atoms with E-state index in [4.69, 9.17) is 19.1 Å². The number of methoxy groups -OCH3 is 2. The maximum Gasteiger partial charge on any atom is 0.358 e. The molecule has 2 rings (SSSR count). The number of benzene rings is 1. The van der Waals surface area contributed by atoms with Gasteiger partial charge in [-0.3, -0.25) is 0 Å². The molecule has 0 aliphatic heterocycles. The molecular weight excluding hydrogens is 318 g/mol. The first-order chi connectivity index (χ1) is 9.06. The fourth-order valence-electron chi connectivity index (χ4n) is 1.57. The van der Waals surface area contributed by atoms with Gasteiger partial charge in [-0.2, -0.15) is 0 Å². The third-order valence-electron chi connectivity index (χ3n) is 2.45. The van der Waals surface area contributed by atoms with Crippen molar-refractivity contribution in [1.82, 2.24) is 5.16 Å². The quantitative estimate of drug-likeness (QED) is 0.929. The van der Waals surface area contributed by atoms with E-state index in [0.29, 0.717) is 27.3 Å². The summed E-state index contributed by atoms with van der Waals surface area (Å²) in [5.74, 6) is 0.234. The van der Waals surface area contributed by atoms with Gasteiger partial charge in [0, 0.05) is 11.6 Å². The first kappa shape index (κ1) is 13.4. The van der Waals surface area contributed by atoms with Crippen LogP contribution >= 0.6 is 15.9 Å². The van der Waals surface area contributed by atoms with Gasteiger partial charge in [0.2, 0.25) is 0 Å². The van der Waals surface area contributed by atoms with E-state index in [1.807, 2.05) is 0 Å². The van der Waals surface area contributed by atoms with E-state index >= 15 is 0 Å². The van der Waals surface area contributed by atoms with Gasteiger partial charge in [0.15, 0.2) is 23.0 Å². The van der Waals surface area contributed by atoms with Crippen LogP contribution in [0.15, 0.2) is 27.2 Å². The Labute approximate surface area is 117 Å². The van der Waals surface area contributed by atoms with Crippen LogP contribution in [0, 0.1) is 0 Å². The molecule has 0 atom stereocenters. The Morgan fingerprint density at radius 2 is 2.05 bits per heavy atom. The number of carbonyl (C=O) groups is 1. The summed E-state index contributed by atoms with van der Waals surface area (Å²) in [7, 11) is 3.04. The van der Waals surface area contributed by atoms with E-state index in [1.54, 1.807) is 12.1 Å². The van der Waals surface area contributed by atoms with Gasteiger partial charge in [-0.25, -0.2) is 4.79 Å². The van der Waals surface area contributed by atoms with Crippen LogP contribution in [0.5, 0.6) is 11.5 Å². The average molecular weight is 328 g/mol.